The minimum absolute atomic E-state index is 0.354. The van der Waals surface area contributed by atoms with Gasteiger partial charge in [-0.2, -0.15) is 4.91 Å². The van der Waals surface area contributed by atoms with Crippen LogP contribution in [-0.2, 0) is 28.0 Å². The first-order chi connectivity index (χ1) is 4.35. The van der Waals surface area contributed by atoms with Crippen molar-refractivity contribution >= 4 is 15.7 Å². The molecule has 0 unspecified atom stereocenters. The molecule has 0 saturated carbocycles. The summed E-state index contributed by atoms with van der Waals surface area (Å²) in [6, 6.07) is 0. The fourth-order valence-corrected chi connectivity index (χ4v) is 0.229. The molecular weight excluding hydrogens is 173 g/mol. The van der Waals surface area contributed by atoms with E-state index in [1.165, 1.54) is 0 Å². The van der Waals surface area contributed by atoms with Gasteiger partial charge in [-0.3, -0.25) is 0 Å². The Morgan fingerprint density at radius 2 is 1.11 bits per heavy atom. The SMILES string of the molecule is N=O.O=[CH][Co]([CH]=O)[CH]=O. The van der Waals surface area contributed by atoms with E-state index in [1.54, 1.807) is 0 Å². The molecule has 6 heteroatoms. The second kappa shape index (κ2) is 10.2. The van der Waals surface area contributed by atoms with Crippen molar-refractivity contribution in [1.29, 1.82) is 5.59 Å². The summed E-state index contributed by atoms with van der Waals surface area (Å²) in [5.41, 5.74) is 4.50. The monoisotopic (exact) mass is 177 g/mol. The van der Waals surface area contributed by atoms with Crippen LogP contribution in [0.15, 0.2) is 0 Å². The predicted octanol–water partition coefficient (Wildman–Crippen LogP) is -0.493. The van der Waals surface area contributed by atoms with E-state index in [0.717, 1.165) is 0 Å². The Kier molecular flexibility index (Phi) is 12.4. The maximum atomic E-state index is 9.53. The standard InChI is InChI=1S/3CHO.Co.HNO/c3*1-2;;1-2/h3*1H;;1H. The van der Waals surface area contributed by atoms with Crippen LogP contribution in [0.4, 0.5) is 0 Å². The van der Waals surface area contributed by atoms with E-state index >= 15 is 0 Å². The van der Waals surface area contributed by atoms with Crippen LogP contribution in [0.25, 0.3) is 0 Å². The Balaban J connectivity index is 0. The fourth-order valence-electron chi connectivity index (χ4n) is 0.0556. The van der Waals surface area contributed by atoms with Gasteiger partial charge in [0.1, 0.15) is 0 Å². The van der Waals surface area contributed by atoms with Gasteiger partial charge in [-0.15, -0.1) is 0 Å². The molecule has 0 aromatic heterocycles. The number of carbonyl (C=O) groups is 3. The summed E-state index contributed by atoms with van der Waals surface area (Å²) in [5, 5.41) is 1.06. The number of nitroso groups, excluding NO2 is 1. The van der Waals surface area contributed by atoms with Crippen LogP contribution < -0.4 is 0 Å². The van der Waals surface area contributed by atoms with Crippen molar-refractivity contribution in [2.24, 2.45) is 0 Å². The van der Waals surface area contributed by atoms with Gasteiger partial charge >= 0.3 is 43.7 Å². The van der Waals surface area contributed by atoms with Gasteiger partial charge in [0.2, 0.25) is 0 Å². The molecule has 1 N–H and O–H groups in total. The van der Waals surface area contributed by atoms with E-state index in [-0.39, 0.29) is 0 Å². The Bertz CT molecular complexity index is 87.0. The van der Waals surface area contributed by atoms with Gasteiger partial charge < -0.3 is 0 Å². The molecule has 0 bridgehead atoms. The molecule has 0 radical (unpaired) electrons. The summed E-state index contributed by atoms with van der Waals surface area (Å²) in [6.45, 7) is 0. The number of nitrogens with one attached hydrogen (secondary N) is 1. The Morgan fingerprint density at radius 1 is 0.889 bits per heavy atom. The molecule has 0 atom stereocenters. The molecule has 0 heterocycles. The van der Waals surface area contributed by atoms with Crippen LogP contribution in [0.1, 0.15) is 0 Å². The molecule has 0 aliphatic rings. The Hall–Kier alpha value is -0.884. The quantitative estimate of drug-likeness (QED) is 0.464. The number of rotatable bonds is 3. The van der Waals surface area contributed by atoms with Gasteiger partial charge in [0.05, 0.1) is 0 Å². The van der Waals surface area contributed by atoms with E-state index < -0.39 is 13.7 Å². The molecule has 0 aromatic carbocycles. The van der Waals surface area contributed by atoms with Crippen molar-refractivity contribution in [2.75, 3.05) is 0 Å². The van der Waals surface area contributed by atoms with E-state index in [4.69, 9.17) is 4.91 Å². The van der Waals surface area contributed by atoms with Gasteiger partial charge in [-0.1, -0.05) is 5.59 Å². The molecule has 0 aliphatic heterocycles. The zero-order valence-corrected chi connectivity index (χ0v) is 5.24. The van der Waals surface area contributed by atoms with E-state index in [9.17, 15) is 14.4 Å². The van der Waals surface area contributed by atoms with Crippen LogP contribution in [0.2, 0.25) is 0 Å². The van der Waals surface area contributed by atoms with Gasteiger partial charge in [0.25, 0.3) is 0 Å². The first kappa shape index (κ1) is 11.0. The molecular formula is C3H4CoNO4. The number of hydrogen-bond donors (Lipinski definition) is 1. The maximum absolute atomic E-state index is 9.53. The average Bonchev–Trinajstić information content (AvgIpc) is 1.96. The normalized spacial score (nSPS) is 7.78. The van der Waals surface area contributed by atoms with Crippen molar-refractivity contribution < 1.29 is 28.0 Å². The van der Waals surface area contributed by atoms with E-state index in [1.807, 2.05) is 0 Å². The summed E-state index contributed by atoms with van der Waals surface area (Å²) in [7, 11) is 0. The summed E-state index contributed by atoms with van der Waals surface area (Å²) >= 11 is -1.58. The zero-order valence-electron chi connectivity index (χ0n) is 4.20. The van der Waals surface area contributed by atoms with Crippen LogP contribution in [0.5, 0.6) is 0 Å². The second-order valence-electron chi connectivity index (χ2n) is 0.569. The molecule has 0 aromatic rings. The number of carbonyl (C=O) groups excluding carboxylic acids is 3. The average molecular weight is 177 g/mol. The van der Waals surface area contributed by atoms with Crippen LogP contribution in [-0.4, -0.2) is 15.7 Å². The summed E-state index contributed by atoms with van der Waals surface area (Å²) in [5.74, 6) is 0. The zero-order chi connectivity index (χ0) is 7.70. The fraction of sp³-hybridized carbons (Fsp3) is 0. The molecule has 0 amide bonds. The molecule has 0 saturated heterocycles. The summed E-state index contributed by atoms with van der Waals surface area (Å²) < 4.78 is 0. The Labute approximate surface area is 54.9 Å². The third-order valence-electron chi connectivity index (χ3n) is 0.272. The van der Waals surface area contributed by atoms with Crippen LogP contribution in [0.3, 0.4) is 0 Å². The van der Waals surface area contributed by atoms with Crippen molar-refractivity contribution in [3.05, 3.63) is 4.91 Å². The first-order valence-corrected chi connectivity index (χ1v) is 3.29. The van der Waals surface area contributed by atoms with Gasteiger partial charge in [-0.05, 0) is 0 Å². The van der Waals surface area contributed by atoms with Gasteiger partial charge in [-0.25, -0.2) is 0 Å². The van der Waals surface area contributed by atoms with Gasteiger partial charge in [0, 0.05) is 0 Å². The second-order valence-corrected chi connectivity index (χ2v) is 2.35. The van der Waals surface area contributed by atoms with Gasteiger partial charge in [0.15, 0.2) is 0 Å². The van der Waals surface area contributed by atoms with E-state index in [0.29, 0.717) is 15.7 Å². The summed E-state index contributed by atoms with van der Waals surface area (Å²) in [4.78, 5) is 36.1. The molecule has 9 heavy (non-hydrogen) atoms. The molecule has 0 spiro atoms. The predicted molar refractivity (Wildman–Crippen MR) is 26.3 cm³/mol. The van der Waals surface area contributed by atoms with Crippen molar-refractivity contribution in [1.82, 2.24) is 0 Å². The molecule has 0 rings (SSSR count). The first-order valence-electron chi connectivity index (χ1n) is 1.49. The van der Waals surface area contributed by atoms with Crippen LogP contribution in [0, 0.1) is 10.5 Å². The Morgan fingerprint density at radius 3 is 1.11 bits per heavy atom. The number of hydrogen-bond acceptors (Lipinski definition) is 5. The van der Waals surface area contributed by atoms with Crippen LogP contribution >= 0.6 is 0 Å². The third kappa shape index (κ3) is 7.12. The van der Waals surface area contributed by atoms with Crippen molar-refractivity contribution in [3.63, 3.8) is 0 Å². The topological polar surface area (TPSA) is 92.1 Å². The molecule has 5 nitrogen and oxygen atoms in total. The summed E-state index contributed by atoms with van der Waals surface area (Å²) in [6.07, 6.45) is 0. The van der Waals surface area contributed by atoms with Crippen molar-refractivity contribution in [2.45, 2.75) is 0 Å². The van der Waals surface area contributed by atoms with E-state index in [2.05, 4.69) is 5.59 Å². The third-order valence-corrected chi connectivity index (χ3v) is 1.12. The minimum atomic E-state index is -1.58. The molecule has 54 valence electrons. The molecule has 0 fully saturated rings. The van der Waals surface area contributed by atoms with Crippen molar-refractivity contribution in [3.8, 4) is 0 Å². The molecule has 0 aliphatic carbocycles.